The standard InChI is InChI=1S/C15H18BrF2NO2/c16-11-7-14(13(18)8-12(11)17)19-10-1-4-21-15(9-10)2-5-20-6-3-15/h7-8,10,19H,1-6,9H2. The van der Waals surface area contributed by atoms with Crippen molar-refractivity contribution < 1.29 is 18.3 Å². The van der Waals surface area contributed by atoms with Crippen molar-refractivity contribution in [3.8, 4) is 0 Å². The lowest BCUT2D eigenvalue weighted by Gasteiger charge is -2.43. The minimum atomic E-state index is -0.592. The van der Waals surface area contributed by atoms with E-state index in [-0.39, 0.29) is 16.1 Å². The molecule has 2 aliphatic heterocycles. The summed E-state index contributed by atoms with van der Waals surface area (Å²) in [6.45, 7) is 2.08. The van der Waals surface area contributed by atoms with Gasteiger partial charge in [0.25, 0.3) is 0 Å². The summed E-state index contributed by atoms with van der Waals surface area (Å²) < 4.78 is 38.7. The normalized spacial score (nSPS) is 25.0. The summed E-state index contributed by atoms with van der Waals surface area (Å²) in [5, 5.41) is 3.20. The van der Waals surface area contributed by atoms with Crippen LogP contribution in [0.5, 0.6) is 0 Å². The van der Waals surface area contributed by atoms with E-state index in [0.717, 1.165) is 31.7 Å². The van der Waals surface area contributed by atoms with Crippen molar-refractivity contribution in [1.29, 1.82) is 0 Å². The summed E-state index contributed by atoms with van der Waals surface area (Å²) in [5.41, 5.74) is 0.180. The highest BCUT2D eigenvalue weighted by Gasteiger charge is 2.39. The molecule has 2 fully saturated rings. The number of nitrogens with one attached hydrogen (secondary N) is 1. The molecule has 2 heterocycles. The van der Waals surface area contributed by atoms with E-state index in [4.69, 9.17) is 9.47 Å². The van der Waals surface area contributed by atoms with Crippen LogP contribution < -0.4 is 5.32 Å². The van der Waals surface area contributed by atoms with Crippen LogP contribution in [-0.2, 0) is 9.47 Å². The smallest absolute Gasteiger partial charge is 0.149 e. The molecule has 0 aromatic heterocycles. The summed E-state index contributed by atoms with van der Waals surface area (Å²) in [6, 6.07) is 2.48. The maximum atomic E-state index is 13.8. The second kappa shape index (κ2) is 6.18. The van der Waals surface area contributed by atoms with Crippen molar-refractivity contribution in [1.82, 2.24) is 0 Å². The van der Waals surface area contributed by atoms with E-state index < -0.39 is 11.6 Å². The molecule has 0 bridgehead atoms. The minimum absolute atomic E-state index is 0.128. The second-order valence-electron chi connectivity index (χ2n) is 5.72. The summed E-state index contributed by atoms with van der Waals surface area (Å²) in [5.74, 6) is -1.16. The molecule has 1 spiro atoms. The monoisotopic (exact) mass is 361 g/mol. The van der Waals surface area contributed by atoms with E-state index in [2.05, 4.69) is 21.2 Å². The number of hydrogen-bond donors (Lipinski definition) is 1. The minimum Gasteiger partial charge on any atom is -0.381 e. The van der Waals surface area contributed by atoms with Crippen LogP contribution in [-0.4, -0.2) is 31.5 Å². The van der Waals surface area contributed by atoms with Gasteiger partial charge in [-0.25, -0.2) is 8.78 Å². The van der Waals surface area contributed by atoms with E-state index in [1.165, 1.54) is 6.07 Å². The van der Waals surface area contributed by atoms with Crippen molar-refractivity contribution in [2.45, 2.75) is 37.3 Å². The Balaban J connectivity index is 1.71. The van der Waals surface area contributed by atoms with Gasteiger partial charge in [-0.1, -0.05) is 0 Å². The number of ether oxygens (including phenoxy) is 2. The molecule has 3 nitrogen and oxygen atoms in total. The molecule has 0 radical (unpaired) electrons. The zero-order valence-corrected chi connectivity index (χ0v) is 13.2. The maximum Gasteiger partial charge on any atom is 0.149 e. The lowest BCUT2D eigenvalue weighted by atomic mass is 9.84. The van der Waals surface area contributed by atoms with Crippen LogP contribution >= 0.6 is 15.9 Å². The van der Waals surface area contributed by atoms with E-state index >= 15 is 0 Å². The fourth-order valence-electron chi connectivity index (χ4n) is 3.10. The Morgan fingerprint density at radius 3 is 2.67 bits per heavy atom. The van der Waals surface area contributed by atoms with Crippen LogP contribution in [0.3, 0.4) is 0 Å². The first kappa shape index (κ1) is 15.2. The topological polar surface area (TPSA) is 30.5 Å². The molecule has 0 aliphatic carbocycles. The molecule has 116 valence electrons. The zero-order valence-electron chi connectivity index (χ0n) is 11.6. The quantitative estimate of drug-likeness (QED) is 0.811. The van der Waals surface area contributed by atoms with Gasteiger partial charge in [0.15, 0.2) is 0 Å². The van der Waals surface area contributed by atoms with Crippen LogP contribution in [0.2, 0.25) is 0 Å². The number of rotatable bonds is 2. The van der Waals surface area contributed by atoms with Gasteiger partial charge in [-0.3, -0.25) is 0 Å². The van der Waals surface area contributed by atoms with Crippen LogP contribution in [0.15, 0.2) is 16.6 Å². The molecule has 3 rings (SSSR count). The van der Waals surface area contributed by atoms with Gasteiger partial charge in [-0.05, 0) is 47.7 Å². The Bertz CT molecular complexity index is 515. The van der Waals surface area contributed by atoms with E-state index in [1.807, 2.05) is 0 Å². The summed E-state index contributed by atoms with van der Waals surface area (Å²) >= 11 is 3.09. The van der Waals surface area contributed by atoms with Gasteiger partial charge >= 0.3 is 0 Å². The summed E-state index contributed by atoms with van der Waals surface area (Å²) in [6.07, 6.45) is 3.39. The van der Waals surface area contributed by atoms with Crippen molar-refractivity contribution in [3.05, 3.63) is 28.2 Å². The molecule has 0 amide bonds. The van der Waals surface area contributed by atoms with E-state index in [1.54, 1.807) is 0 Å². The molecular formula is C15H18BrF2NO2. The predicted molar refractivity (Wildman–Crippen MR) is 79.4 cm³/mol. The zero-order chi connectivity index (χ0) is 14.9. The lowest BCUT2D eigenvalue weighted by molar-refractivity contribution is -0.135. The number of hydrogen-bond acceptors (Lipinski definition) is 3. The fourth-order valence-corrected chi connectivity index (χ4v) is 3.44. The molecule has 2 aliphatic rings. The third-order valence-electron chi connectivity index (χ3n) is 4.27. The molecule has 1 aromatic rings. The highest BCUT2D eigenvalue weighted by atomic mass is 79.9. The van der Waals surface area contributed by atoms with Crippen LogP contribution in [0.4, 0.5) is 14.5 Å². The Labute approximate surface area is 131 Å². The molecule has 1 atom stereocenters. The highest BCUT2D eigenvalue weighted by molar-refractivity contribution is 9.10. The third-order valence-corrected chi connectivity index (χ3v) is 4.87. The van der Waals surface area contributed by atoms with E-state index in [0.29, 0.717) is 25.5 Å². The molecule has 21 heavy (non-hydrogen) atoms. The third kappa shape index (κ3) is 3.38. The van der Waals surface area contributed by atoms with Crippen molar-refractivity contribution in [2.24, 2.45) is 0 Å². The molecule has 0 saturated carbocycles. The van der Waals surface area contributed by atoms with Crippen molar-refractivity contribution in [2.75, 3.05) is 25.1 Å². The van der Waals surface area contributed by atoms with Gasteiger partial charge in [0.1, 0.15) is 11.6 Å². The van der Waals surface area contributed by atoms with Gasteiger partial charge in [0.2, 0.25) is 0 Å². The van der Waals surface area contributed by atoms with Crippen LogP contribution in [0, 0.1) is 11.6 Å². The molecule has 2 saturated heterocycles. The summed E-state index contributed by atoms with van der Waals surface area (Å²) in [4.78, 5) is 0. The van der Waals surface area contributed by atoms with Crippen molar-refractivity contribution >= 4 is 21.6 Å². The molecule has 1 aromatic carbocycles. The highest BCUT2D eigenvalue weighted by Crippen LogP contribution is 2.36. The van der Waals surface area contributed by atoms with Gasteiger partial charge in [0, 0.05) is 31.9 Å². The van der Waals surface area contributed by atoms with Crippen molar-refractivity contribution in [3.63, 3.8) is 0 Å². The molecule has 1 unspecified atom stereocenters. The predicted octanol–water partition coefficient (Wildman–Crippen LogP) is 3.87. The lowest BCUT2D eigenvalue weighted by Crippen LogP contribution is -2.47. The molecule has 6 heteroatoms. The Kier molecular flexibility index (Phi) is 4.47. The van der Waals surface area contributed by atoms with Gasteiger partial charge in [0.05, 0.1) is 15.8 Å². The first-order valence-electron chi connectivity index (χ1n) is 7.21. The summed E-state index contributed by atoms with van der Waals surface area (Å²) in [7, 11) is 0. The Morgan fingerprint density at radius 2 is 1.90 bits per heavy atom. The number of anilines is 1. The van der Waals surface area contributed by atoms with Crippen LogP contribution in [0.25, 0.3) is 0 Å². The number of halogens is 3. The molecule has 1 N–H and O–H groups in total. The first-order valence-corrected chi connectivity index (χ1v) is 8.00. The largest absolute Gasteiger partial charge is 0.381 e. The Hall–Kier alpha value is -0.720. The Morgan fingerprint density at radius 1 is 1.14 bits per heavy atom. The van der Waals surface area contributed by atoms with Crippen LogP contribution in [0.1, 0.15) is 25.7 Å². The SMILES string of the molecule is Fc1cc(F)c(NC2CCOC3(CCOCC3)C2)cc1Br. The first-order chi connectivity index (χ1) is 10.1. The average Bonchev–Trinajstić information content (AvgIpc) is 2.46. The van der Waals surface area contributed by atoms with E-state index in [9.17, 15) is 8.78 Å². The fraction of sp³-hybridized carbons (Fsp3) is 0.600. The maximum absolute atomic E-state index is 13.8. The van der Waals surface area contributed by atoms with Gasteiger partial charge in [-0.2, -0.15) is 0 Å². The van der Waals surface area contributed by atoms with Gasteiger partial charge < -0.3 is 14.8 Å². The molecular weight excluding hydrogens is 344 g/mol. The average molecular weight is 362 g/mol. The number of benzene rings is 1. The second-order valence-corrected chi connectivity index (χ2v) is 6.58. The van der Waals surface area contributed by atoms with Gasteiger partial charge in [-0.15, -0.1) is 0 Å².